The third-order valence-electron chi connectivity index (χ3n) is 2.54. The van der Waals surface area contributed by atoms with Crippen LogP contribution in [0.2, 0.25) is 0 Å². The molecule has 0 fully saturated rings. The van der Waals surface area contributed by atoms with E-state index in [9.17, 15) is 0 Å². The van der Waals surface area contributed by atoms with Crippen molar-refractivity contribution in [2.75, 3.05) is 23.7 Å². The number of nitrogens with zero attached hydrogens (tertiary/aromatic N) is 2. The summed E-state index contributed by atoms with van der Waals surface area (Å²) in [7, 11) is 0. The van der Waals surface area contributed by atoms with E-state index in [1.807, 2.05) is 6.07 Å². The fourth-order valence-electron chi connectivity index (χ4n) is 1.63. The quantitative estimate of drug-likeness (QED) is 0.681. The molecule has 1 rings (SSSR count). The average molecular weight is 236 g/mol. The maximum absolute atomic E-state index is 4.19. The van der Waals surface area contributed by atoms with Gasteiger partial charge in [-0.3, -0.25) is 0 Å². The fourth-order valence-corrected chi connectivity index (χ4v) is 1.63. The fraction of sp³-hybridized carbons (Fsp3) is 0.692. The van der Waals surface area contributed by atoms with Crippen LogP contribution in [0.3, 0.4) is 0 Å². The molecular weight excluding hydrogens is 212 g/mol. The normalized spacial score (nSPS) is 10.6. The first-order chi connectivity index (χ1) is 8.22. The number of hydrogen-bond donors (Lipinski definition) is 2. The molecule has 0 saturated carbocycles. The summed E-state index contributed by atoms with van der Waals surface area (Å²) in [6, 6.07) is 1.95. The zero-order chi connectivity index (χ0) is 12.5. The predicted molar refractivity (Wildman–Crippen MR) is 73.4 cm³/mol. The number of rotatable bonds is 8. The van der Waals surface area contributed by atoms with Crippen LogP contribution < -0.4 is 10.6 Å². The first-order valence-electron chi connectivity index (χ1n) is 6.52. The predicted octanol–water partition coefficient (Wildman–Crippen LogP) is 3.15. The molecule has 0 radical (unpaired) electrons. The van der Waals surface area contributed by atoms with Crippen molar-refractivity contribution >= 4 is 11.6 Å². The lowest BCUT2D eigenvalue weighted by atomic mass is 10.1. The van der Waals surface area contributed by atoms with Gasteiger partial charge in [0.15, 0.2) is 0 Å². The van der Waals surface area contributed by atoms with Gasteiger partial charge in [0.2, 0.25) is 0 Å². The lowest BCUT2D eigenvalue weighted by Gasteiger charge is -2.08. The zero-order valence-electron chi connectivity index (χ0n) is 11.2. The Morgan fingerprint density at radius 2 is 1.82 bits per heavy atom. The Bertz CT molecular complexity index is 312. The first-order valence-corrected chi connectivity index (χ1v) is 6.52. The molecule has 0 spiro atoms. The topological polar surface area (TPSA) is 49.8 Å². The molecule has 0 aromatic carbocycles. The van der Waals surface area contributed by atoms with Crippen LogP contribution in [-0.2, 0) is 0 Å². The van der Waals surface area contributed by atoms with E-state index in [1.54, 1.807) is 6.33 Å². The van der Waals surface area contributed by atoms with Gasteiger partial charge in [0.1, 0.15) is 18.0 Å². The Morgan fingerprint density at radius 1 is 1.12 bits per heavy atom. The molecule has 96 valence electrons. The van der Waals surface area contributed by atoms with E-state index in [2.05, 4.69) is 41.4 Å². The summed E-state index contributed by atoms with van der Waals surface area (Å²) in [5, 5.41) is 6.50. The van der Waals surface area contributed by atoms with Gasteiger partial charge in [-0.25, -0.2) is 9.97 Å². The summed E-state index contributed by atoms with van der Waals surface area (Å²) < 4.78 is 0. The highest BCUT2D eigenvalue weighted by atomic mass is 15.1. The van der Waals surface area contributed by atoms with Gasteiger partial charge in [0.05, 0.1) is 0 Å². The van der Waals surface area contributed by atoms with E-state index in [4.69, 9.17) is 0 Å². The van der Waals surface area contributed by atoms with Crippen LogP contribution in [0.5, 0.6) is 0 Å². The molecule has 0 saturated heterocycles. The molecule has 1 aromatic rings. The van der Waals surface area contributed by atoms with E-state index in [1.165, 1.54) is 19.3 Å². The molecule has 1 heterocycles. The van der Waals surface area contributed by atoms with Crippen LogP contribution in [-0.4, -0.2) is 23.1 Å². The highest BCUT2D eigenvalue weighted by molar-refractivity contribution is 5.46. The van der Waals surface area contributed by atoms with Crippen molar-refractivity contribution in [1.82, 2.24) is 9.97 Å². The van der Waals surface area contributed by atoms with Gasteiger partial charge in [-0.05, 0) is 19.3 Å². The van der Waals surface area contributed by atoms with Gasteiger partial charge in [0, 0.05) is 19.2 Å². The number of anilines is 2. The van der Waals surface area contributed by atoms with Crippen molar-refractivity contribution in [2.24, 2.45) is 5.92 Å². The molecule has 0 aliphatic carbocycles. The Morgan fingerprint density at radius 3 is 2.47 bits per heavy atom. The van der Waals surface area contributed by atoms with E-state index in [0.717, 1.165) is 30.6 Å². The molecule has 17 heavy (non-hydrogen) atoms. The van der Waals surface area contributed by atoms with Crippen molar-refractivity contribution in [2.45, 2.75) is 40.0 Å². The minimum absolute atomic E-state index is 0.800. The average Bonchev–Trinajstić information content (AvgIpc) is 2.29. The third-order valence-corrected chi connectivity index (χ3v) is 2.54. The second-order valence-electron chi connectivity index (χ2n) is 4.64. The Labute approximate surface area is 104 Å². The summed E-state index contributed by atoms with van der Waals surface area (Å²) in [6.45, 7) is 8.45. The SMILES string of the molecule is CCNc1cc(NCCCCC(C)C)ncn1. The molecule has 0 bridgehead atoms. The van der Waals surface area contributed by atoms with Crippen LogP contribution in [0.25, 0.3) is 0 Å². The van der Waals surface area contributed by atoms with E-state index < -0.39 is 0 Å². The van der Waals surface area contributed by atoms with Crippen molar-refractivity contribution in [3.05, 3.63) is 12.4 Å². The summed E-state index contributed by atoms with van der Waals surface area (Å²) in [5.41, 5.74) is 0. The highest BCUT2D eigenvalue weighted by Gasteiger charge is 1.98. The maximum atomic E-state index is 4.19. The minimum Gasteiger partial charge on any atom is -0.370 e. The maximum Gasteiger partial charge on any atom is 0.131 e. The smallest absolute Gasteiger partial charge is 0.131 e. The van der Waals surface area contributed by atoms with Gasteiger partial charge in [0.25, 0.3) is 0 Å². The standard InChI is InChI=1S/C13H24N4/c1-4-14-12-9-13(17-10-16-12)15-8-6-5-7-11(2)3/h9-11H,4-8H2,1-3H3,(H2,14,15,16,17). The molecule has 2 N–H and O–H groups in total. The molecule has 0 unspecified atom stereocenters. The molecule has 1 aromatic heterocycles. The Kier molecular flexibility index (Phi) is 6.37. The van der Waals surface area contributed by atoms with Crippen molar-refractivity contribution in [1.29, 1.82) is 0 Å². The largest absolute Gasteiger partial charge is 0.370 e. The van der Waals surface area contributed by atoms with Crippen LogP contribution in [0.4, 0.5) is 11.6 Å². The van der Waals surface area contributed by atoms with Crippen LogP contribution in [0, 0.1) is 5.92 Å². The highest BCUT2D eigenvalue weighted by Crippen LogP contribution is 2.09. The Hall–Kier alpha value is -1.32. The van der Waals surface area contributed by atoms with Crippen molar-refractivity contribution in [3.63, 3.8) is 0 Å². The summed E-state index contributed by atoms with van der Waals surface area (Å²) in [4.78, 5) is 8.33. The molecule has 0 aliphatic rings. The number of aromatic nitrogens is 2. The van der Waals surface area contributed by atoms with E-state index >= 15 is 0 Å². The summed E-state index contributed by atoms with van der Waals surface area (Å²) >= 11 is 0. The van der Waals surface area contributed by atoms with Gasteiger partial charge >= 0.3 is 0 Å². The van der Waals surface area contributed by atoms with Crippen molar-refractivity contribution in [3.8, 4) is 0 Å². The molecule has 0 aliphatic heterocycles. The number of nitrogens with one attached hydrogen (secondary N) is 2. The number of unbranched alkanes of at least 4 members (excludes halogenated alkanes) is 1. The zero-order valence-corrected chi connectivity index (χ0v) is 11.2. The molecule has 0 atom stereocenters. The molecule has 4 heteroatoms. The lowest BCUT2D eigenvalue weighted by molar-refractivity contribution is 0.544. The minimum atomic E-state index is 0.800. The van der Waals surface area contributed by atoms with E-state index in [0.29, 0.717) is 0 Å². The van der Waals surface area contributed by atoms with Gasteiger partial charge in [-0.1, -0.05) is 26.7 Å². The summed E-state index contributed by atoms with van der Waals surface area (Å²) in [6.07, 6.45) is 5.36. The van der Waals surface area contributed by atoms with Gasteiger partial charge in [-0.15, -0.1) is 0 Å². The van der Waals surface area contributed by atoms with Gasteiger partial charge in [-0.2, -0.15) is 0 Å². The molecule has 4 nitrogen and oxygen atoms in total. The first kappa shape index (κ1) is 13.7. The van der Waals surface area contributed by atoms with Gasteiger partial charge < -0.3 is 10.6 Å². The molecule has 0 amide bonds. The second kappa shape index (κ2) is 7.87. The second-order valence-corrected chi connectivity index (χ2v) is 4.64. The Balaban J connectivity index is 2.24. The molecular formula is C13H24N4. The van der Waals surface area contributed by atoms with E-state index in [-0.39, 0.29) is 0 Å². The third kappa shape index (κ3) is 6.09. The monoisotopic (exact) mass is 236 g/mol. The van der Waals surface area contributed by atoms with Crippen molar-refractivity contribution < 1.29 is 0 Å². The lowest BCUT2D eigenvalue weighted by Crippen LogP contribution is -2.06. The van der Waals surface area contributed by atoms with Crippen LogP contribution in [0.15, 0.2) is 12.4 Å². The number of hydrogen-bond acceptors (Lipinski definition) is 4. The summed E-state index contributed by atoms with van der Waals surface area (Å²) in [5.74, 6) is 2.59. The van der Waals surface area contributed by atoms with Crippen LogP contribution >= 0.6 is 0 Å². The van der Waals surface area contributed by atoms with Crippen LogP contribution in [0.1, 0.15) is 40.0 Å².